The van der Waals surface area contributed by atoms with Crippen LogP contribution in [0.4, 0.5) is 16.2 Å². The Morgan fingerprint density at radius 2 is 1.46 bits per heavy atom. The number of carbonyl (C=O) groups excluding carboxylic acids is 2. The van der Waals surface area contributed by atoms with Crippen molar-refractivity contribution in [3.8, 4) is 0 Å². The predicted octanol–water partition coefficient (Wildman–Crippen LogP) is 3.95. The molecule has 5 nitrogen and oxygen atoms in total. The first-order valence-corrected chi connectivity index (χ1v) is 7.92. The summed E-state index contributed by atoms with van der Waals surface area (Å²) in [6.45, 7) is 4.22. The zero-order valence-corrected chi connectivity index (χ0v) is 14.2. The first-order valence-electron chi connectivity index (χ1n) is 7.92. The van der Waals surface area contributed by atoms with Crippen LogP contribution in [0.3, 0.4) is 0 Å². The van der Waals surface area contributed by atoms with Crippen molar-refractivity contribution in [2.24, 2.45) is 5.92 Å². The molecule has 0 heterocycles. The van der Waals surface area contributed by atoms with Crippen LogP contribution in [0, 0.1) is 5.92 Å². The third kappa shape index (κ3) is 5.12. The van der Waals surface area contributed by atoms with E-state index in [0.717, 1.165) is 5.56 Å². The molecule has 0 saturated carbocycles. The van der Waals surface area contributed by atoms with Gasteiger partial charge in [0.05, 0.1) is 0 Å². The molecule has 2 aromatic carbocycles. The number of carbonyl (C=O) groups is 2. The summed E-state index contributed by atoms with van der Waals surface area (Å²) in [6, 6.07) is 16.7. The maximum Gasteiger partial charge on any atom is 0.321 e. The molecular weight excluding hydrogens is 302 g/mol. The lowest BCUT2D eigenvalue weighted by Gasteiger charge is -2.18. The van der Waals surface area contributed by atoms with E-state index in [9.17, 15) is 9.59 Å². The molecule has 0 atom stereocenters. The Balaban J connectivity index is 1.90. The van der Waals surface area contributed by atoms with E-state index in [1.807, 2.05) is 44.2 Å². The Labute approximate surface area is 142 Å². The van der Waals surface area contributed by atoms with Crippen LogP contribution in [0.15, 0.2) is 54.6 Å². The molecule has 24 heavy (non-hydrogen) atoms. The van der Waals surface area contributed by atoms with E-state index in [2.05, 4.69) is 10.6 Å². The fraction of sp³-hybridized carbons (Fsp3) is 0.263. The molecule has 0 bridgehead atoms. The number of hydrogen-bond donors (Lipinski definition) is 2. The molecule has 0 aliphatic carbocycles. The van der Waals surface area contributed by atoms with Crippen LogP contribution >= 0.6 is 0 Å². The number of anilines is 2. The molecule has 5 heteroatoms. The predicted molar refractivity (Wildman–Crippen MR) is 96.8 cm³/mol. The normalized spacial score (nSPS) is 10.3. The van der Waals surface area contributed by atoms with Crippen molar-refractivity contribution in [2.45, 2.75) is 20.4 Å². The van der Waals surface area contributed by atoms with Gasteiger partial charge in [-0.15, -0.1) is 0 Å². The summed E-state index contributed by atoms with van der Waals surface area (Å²) in [5, 5.41) is 5.65. The SMILES string of the molecule is CC(C)C(=O)Nc1ccc(NC(=O)N(C)Cc2ccccc2)cc1. The average molecular weight is 325 g/mol. The molecule has 2 aromatic rings. The molecule has 2 N–H and O–H groups in total. The van der Waals surface area contributed by atoms with Gasteiger partial charge in [0.2, 0.25) is 5.91 Å². The summed E-state index contributed by atoms with van der Waals surface area (Å²) < 4.78 is 0. The van der Waals surface area contributed by atoms with Gasteiger partial charge in [0.25, 0.3) is 0 Å². The Kier molecular flexibility index (Phi) is 5.95. The molecule has 0 radical (unpaired) electrons. The van der Waals surface area contributed by atoms with Crippen LogP contribution in [0.2, 0.25) is 0 Å². The van der Waals surface area contributed by atoms with Crippen molar-refractivity contribution in [3.63, 3.8) is 0 Å². The third-order valence-corrected chi connectivity index (χ3v) is 3.54. The van der Waals surface area contributed by atoms with Crippen molar-refractivity contribution in [1.82, 2.24) is 4.90 Å². The van der Waals surface area contributed by atoms with Gasteiger partial charge >= 0.3 is 6.03 Å². The van der Waals surface area contributed by atoms with E-state index in [-0.39, 0.29) is 17.9 Å². The minimum absolute atomic E-state index is 0.0330. The van der Waals surface area contributed by atoms with Crippen molar-refractivity contribution >= 4 is 23.3 Å². The summed E-state index contributed by atoms with van der Waals surface area (Å²) in [5.74, 6) is -0.106. The van der Waals surface area contributed by atoms with Gasteiger partial charge in [-0.3, -0.25) is 4.79 Å². The van der Waals surface area contributed by atoms with Gasteiger partial charge in [-0.05, 0) is 29.8 Å². The molecule has 0 unspecified atom stereocenters. The Morgan fingerprint density at radius 1 is 0.917 bits per heavy atom. The zero-order chi connectivity index (χ0) is 17.5. The van der Waals surface area contributed by atoms with Crippen LogP contribution in [0.25, 0.3) is 0 Å². The lowest BCUT2D eigenvalue weighted by atomic mass is 10.2. The number of nitrogens with zero attached hydrogens (tertiary/aromatic N) is 1. The van der Waals surface area contributed by atoms with E-state index >= 15 is 0 Å². The Hall–Kier alpha value is -2.82. The summed E-state index contributed by atoms with van der Waals surface area (Å²) in [5.41, 5.74) is 2.47. The second kappa shape index (κ2) is 8.15. The maximum atomic E-state index is 12.2. The molecule has 2 rings (SSSR count). The van der Waals surface area contributed by atoms with Crippen LogP contribution < -0.4 is 10.6 Å². The number of nitrogens with one attached hydrogen (secondary N) is 2. The lowest BCUT2D eigenvalue weighted by molar-refractivity contribution is -0.118. The van der Waals surface area contributed by atoms with Gasteiger partial charge in [-0.1, -0.05) is 44.2 Å². The minimum atomic E-state index is -0.183. The molecule has 0 aliphatic rings. The molecule has 126 valence electrons. The summed E-state index contributed by atoms with van der Waals surface area (Å²) in [4.78, 5) is 25.5. The molecule has 0 fully saturated rings. The van der Waals surface area contributed by atoms with Crippen molar-refractivity contribution < 1.29 is 9.59 Å². The fourth-order valence-corrected chi connectivity index (χ4v) is 2.07. The zero-order valence-electron chi connectivity index (χ0n) is 14.2. The average Bonchev–Trinajstić information content (AvgIpc) is 2.57. The van der Waals surface area contributed by atoms with Crippen molar-refractivity contribution in [2.75, 3.05) is 17.7 Å². The Bertz CT molecular complexity index is 682. The second-order valence-electron chi connectivity index (χ2n) is 5.99. The van der Waals surface area contributed by atoms with E-state index < -0.39 is 0 Å². The number of hydrogen-bond acceptors (Lipinski definition) is 2. The second-order valence-corrected chi connectivity index (χ2v) is 5.99. The van der Waals surface area contributed by atoms with E-state index in [1.165, 1.54) is 0 Å². The Morgan fingerprint density at radius 3 is 2.00 bits per heavy atom. The molecule has 0 saturated heterocycles. The summed E-state index contributed by atoms with van der Waals surface area (Å²) >= 11 is 0. The molecule has 0 aliphatic heterocycles. The molecule has 0 spiro atoms. The number of urea groups is 1. The maximum absolute atomic E-state index is 12.2. The smallest absolute Gasteiger partial charge is 0.321 e. The quantitative estimate of drug-likeness (QED) is 0.874. The van der Waals surface area contributed by atoms with E-state index in [0.29, 0.717) is 17.9 Å². The van der Waals surface area contributed by atoms with Crippen LogP contribution in [0.5, 0.6) is 0 Å². The van der Waals surface area contributed by atoms with Crippen molar-refractivity contribution in [3.05, 3.63) is 60.2 Å². The molecular formula is C19H23N3O2. The van der Waals surface area contributed by atoms with Gasteiger partial charge in [0.15, 0.2) is 0 Å². The van der Waals surface area contributed by atoms with E-state index in [4.69, 9.17) is 0 Å². The standard InChI is InChI=1S/C19H23N3O2/c1-14(2)18(23)20-16-9-11-17(12-10-16)21-19(24)22(3)13-15-7-5-4-6-8-15/h4-12,14H,13H2,1-3H3,(H,20,23)(H,21,24). The van der Waals surface area contributed by atoms with Crippen molar-refractivity contribution in [1.29, 1.82) is 0 Å². The first-order chi connectivity index (χ1) is 11.5. The van der Waals surface area contributed by atoms with Crippen LogP contribution in [0.1, 0.15) is 19.4 Å². The minimum Gasteiger partial charge on any atom is -0.326 e. The highest BCUT2D eigenvalue weighted by Crippen LogP contribution is 2.15. The molecule has 3 amide bonds. The first kappa shape index (κ1) is 17.5. The largest absolute Gasteiger partial charge is 0.326 e. The summed E-state index contributed by atoms with van der Waals surface area (Å²) in [6.07, 6.45) is 0. The van der Waals surface area contributed by atoms with Gasteiger partial charge in [-0.25, -0.2) is 4.79 Å². The van der Waals surface area contributed by atoms with Gasteiger partial charge in [0.1, 0.15) is 0 Å². The molecule has 0 aromatic heterocycles. The van der Waals surface area contributed by atoms with Gasteiger partial charge < -0.3 is 15.5 Å². The lowest BCUT2D eigenvalue weighted by Crippen LogP contribution is -2.30. The van der Waals surface area contributed by atoms with Gasteiger partial charge in [0, 0.05) is 30.9 Å². The van der Waals surface area contributed by atoms with Crippen LogP contribution in [-0.2, 0) is 11.3 Å². The number of amides is 3. The summed E-state index contributed by atoms with van der Waals surface area (Å²) in [7, 11) is 1.75. The third-order valence-electron chi connectivity index (χ3n) is 3.54. The topological polar surface area (TPSA) is 61.4 Å². The monoisotopic (exact) mass is 325 g/mol. The highest BCUT2D eigenvalue weighted by Gasteiger charge is 2.10. The van der Waals surface area contributed by atoms with E-state index in [1.54, 1.807) is 36.2 Å². The fourth-order valence-electron chi connectivity index (χ4n) is 2.07. The number of benzene rings is 2. The number of rotatable bonds is 5. The van der Waals surface area contributed by atoms with Gasteiger partial charge in [-0.2, -0.15) is 0 Å². The highest BCUT2D eigenvalue weighted by molar-refractivity contribution is 5.93. The highest BCUT2D eigenvalue weighted by atomic mass is 16.2. The van der Waals surface area contributed by atoms with Crippen LogP contribution in [-0.4, -0.2) is 23.9 Å².